The summed E-state index contributed by atoms with van der Waals surface area (Å²) in [5.41, 5.74) is 1.92. The van der Waals surface area contributed by atoms with Gasteiger partial charge in [0.25, 0.3) is 11.8 Å². The van der Waals surface area contributed by atoms with Crippen LogP contribution in [0.25, 0.3) is 5.82 Å². The second-order valence-corrected chi connectivity index (χ2v) is 5.81. The maximum atomic E-state index is 12.6. The maximum Gasteiger partial charge on any atom is 0.365 e. The lowest BCUT2D eigenvalue weighted by Crippen LogP contribution is -2.32. The van der Waals surface area contributed by atoms with Crippen LogP contribution in [-0.4, -0.2) is 32.6 Å². The summed E-state index contributed by atoms with van der Waals surface area (Å²) in [4.78, 5) is 42.3. The van der Waals surface area contributed by atoms with E-state index in [0.29, 0.717) is 16.6 Å². The fraction of sp³-hybridized carbons (Fsp3) is 0.111. The van der Waals surface area contributed by atoms with Crippen molar-refractivity contribution in [1.29, 1.82) is 0 Å². The predicted molar refractivity (Wildman–Crippen MR) is 87.7 cm³/mol. The normalized spacial score (nSPS) is 13.2. The number of imide groups is 1. The molecule has 8 heteroatoms. The zero-order valence-corrected chi connectivity index (χ0v) is 13.9. The number of amides is 2. The highest BCUT2D eigenvalue weighted by molar-refractivity contribution is 6.21. The lowest BCUT2D eigenvalue weighted by atomic mass is 10.1. The van der Waals surface area contributed by atoms with E-state index in [1.807, 2.05) is 0 Å². The molecule has 1 aliphatic heterocycles. The van der Waals surface area contributed by atoms with E-state index in [2.05, 4.69) is 5.16 Å². The van der Waals surface area contributed by atoms with Gasteiger partial charge in [0, 0.05) is 17.5 Å². The molecule has 0 saturated carbocycles. The molecule has 3 aromatic rings. The summed E-state index contributed by atoms with van der Waals surface area (Å²) in [6.45, 7) is 3.50. The zero-order valence-electron chi connectivity index (χ0n) is 13.9. The van der Waals surface area contributed by atoms with Crippen LogP contribution in [0.3, 0.4) is 0 Å². The van der Waals surface area contributed by atoms with Gasteiger partial charge >= 0.3 is 5.97 Å². The van der Waals surface area contributed by atoms with Crippen molar-refractivity contribution in [2.75, 3.05) is 0 Å². The number of rotatable bonds is 3. The number of hydrogen-bond acceptors (Lipinski definition) is 6. The predicted octanol–water partition coefficient (Wildman–Crippen LogP) is 2.45. The molecule has 0 saturated heterocycles. The molecule has 2 aromatic heterocycles. The Labute approximate surface area is 147 Å². The number of carbonyl (C=O) groups excluding carboxylic acids is 3. The minimum atomic E-state index is -0.803. The first-order chi connectivity index (χ1) is 12.5. The van der Waals surface area contributed by atoms with Crippen molar-refractivity contribution >= 4 is 17.8 Å². The van der Waals surface area contributed by atoms with E-state index >= 15 is 0 Å². The number of aryl methyl sites for hydroxylation is 1. The number of aromatic nitrogens is 2. The van der Waals surface area contributed by atoms with E-state index < -0.39 is 17.8 Å². The number of hydrogen-bond donors (Lipinski definition) is 0. The smallest absolute Gasteiger partial charge is 0.363 e. The van der Waals surface area contributed by atoms with E-state index in [1.54, 1.807) is 42.7 Å². The lowest BCUT2D eigenvalue weighted by Gasteiger charge is -2.12. The lowest BCUT2D eigenvalue weighted by molar-refractivity contribution is -0.0585. The van der Waals surface area contributed by atoms with Gasteiger partial charge < -0.3 is 9.36 Å². The van der Waals surface area contributed by atoms with Crippen LogP contribution in [-0.2, 0) is 4.84 Å². The monoisotopic (exact) mass is 351 g/mol. The molecule has 130 valence electrons. The molecule has 0 fully saturated rings. The van der Waals surface area contributed by atoms with Crippen LogP contribution in [0.4, 0.5) is 0 Å². The largest absolute Gasteiger partial charge is 0.365 e. The number of benzene rings is 1. The third-order valence-corrected chi connectivity index (χ3v) is 4.24. The van der Waals surface area contributed by atoms with E-state index in [4.69, 9.17) is 9.36 Å². The molecule has 1 aromatic carbocycles. The van der Waals surface area contributed by atoms with Gasteiger partial charge in [-0.3, -0.25) is 14.2 Å². The Morgan fingerprint density at radius 3 is 2.31 bits per heavy atom. The Morgan fingerprint density at radius 1 is 1.08 bits per heavy atom. The molecule has 0 N–H and O–H groups in total. The topological polar surface area (TPSA) is 94.6 Å². The molecule has 0 atom stereocenters. The van der Waals surface area contributed by atoms with E-state index in [-0.39, 0.29) is 16.7 Å². The van der Waals surface area contributed by atoms with Crippen molar-refractivity contribution in [3.8, 4) is 5.82 Å². The molecule has 1 aliphatic rings. The summed E-state index contributed by atoms with van der Waals surface area (Å²) in [6.07, 6.45) is 1.42. The SMILES string of the molecule is Cc1cc(C(=O)ON2C(=O)c3ccccc3C2=O)c(C)n1-c1ccon1. The van der Waals surface area contributed by atoms with Gasteiger partial charge in [-0.1, -0.05) is 22.4 Å². The average molecular weight is 351 g/mol. The summed E-state index contributed by atoms with van der Waals surface area (Å²) in [5, 5.41) is 4.35. The van der Waals surface area contributed by atoms with Crippen molar-refractivity contribution in [2.45, 2.75) is 13.8 Å². The Kier molecular flexibility index (Phi) is 3.47. The van der Waals surface area contributed by atoms with Crippen LogP contribution < -0.4 is 0 Å². The van der Waals surface area contributed by atoms with E-state index in [9.17, 15) is 14.4 Å². The molecule has 0 spiro atoms. The minimum Gasteiger partial charge on any atom is -0.363 e. The van der Waals surface area contributed by atoms with Crippen LogP contribution in [0.15, 0.2) is 47.2 Å². The molecule has 2 amide bonds. The second-order valence-electron chi connectivity index (χ2n) is 5.81. The molecular weight excluding hydrogens is 338 g/mol. The van der Waals surface area contributed by atoms with Gasteiger partial charge in [-0.2, -0.15) is 0 Å². The standard InChI is InChI=1S/C18H13N3O5/c1-10-9-14(11(2)20(10)15-7-8-25-19-15)18(24)26-21-16(22)12-5-3-4-6-13(12)17(21)23/h3-9H,1-2H3. The highest BCUT2D eigenvalue weighted by Gasteiger charge is 2.39. The van der Waals surface area contributed by atoms with Gasteiger partial charge in [-0.15, -0.1) is 0 Å². The quantitative estimate of drug-likeness (QED) is 0.673. The summed E-state index contributed by atoms with van der Waals surface area (Å²) in [6, 6.07) is 9.56. The number of carbonyl (C=O) groups is 3. The van der Waals surface area contributed by atoms with Crippen LogP contribution in [0, 0.1) is 13.8 Å². The average Bonchev–Trinajstić information content (AvgIpc) is 3.31. The van der Waals surface area contributed by atoms with Gasteiger partial charge in [0.05, 0.1) is 16.7 Å². The van der Waals surface area contributed by atoms with Gasteiger partial charge in [0.1, 0.15) is 6.26 Å². The maximum absolute atomic E-state index is 12.6. The molecule has 0 radical (unpaired) electrons. The highest BCUT2D eigenvalue weighted by atomic mass is 16.7. The van der Waals surface area contributed by atoms with Gasteiger partial charge in [0.15, 0.2) is 5.82 Å². The van der Waals surface area contributed by atoms with Crippen LogP contribution in [0.5, 0.6) is 0 Å². The molecule has 26 heavy (non-hydrogen) atoms. The van der Waals surface area contributed by atoms with Gasteiger partial charge in [0.2, 0.25) is 0 Å². The minimum absolute atomic E-state index is 0.207. The van der Waals surface area contributed by atoms with Crippen molar-refractivity contribution in [2.24, 2.45) is 0 Å². The number of nitrogens with zero attached hydrogens (tertiary/aromatic N) is 3. The fourth-order valence-electron chi connectivity index (χ4n) is 3.03. The molecule has 3 heterocycles. The van der Waals surface area contributed by atoms with Crippen molar-refractivity contribution in [3.05, 3.63) is 70.7 Å². The first-order valence-electron chi connectivity index (χ1n) is 7.79. The summed E-state index contributed by atoms with van der Waals surface area (Å²) < 4.78 is 6.55. The highest BCUT2D eigenvalue weighted by Crippen LogP contribution is 2.25. The number of fused-ring (bicyclic) bond motifs is 1. The molecule has 0 aliphatic carbocycles. The molecule has 0 bridgehead atoms. The summed E-state index contributed by atoms with van der Waals surface area (Å²) >= 11 is 0. The Balaban J connectivity index is 1.64. The van der Waals surface area contributed by atoms with E-state index in [0.717, 1.165) is 5.69 Å². The summed E-state index contributed by atoms with van der Waals surface area (Å²) in [5.74, 6) is -1.62. The van der Waals surface area contributed by atoms with E-state index in [1.165, 1.54) is 18.4 Å². The molecule has 4 rings (SSSR count). The zero-order chi connectivity index (χ0) is 18.4. The first kappa shape index (κ1) is 15.8. The van der Waals surface area contributed by atoms with Gasteiger partial charge in [-0.25, -0.2) is 4.79 Å². The van der Waals surface area contributed by atoms with Crippen molar-refractivity contribution in [3.63, 3.8) is 0 Å². The Bertz CT molecular complexity index is 1010. The molecule has 8 nitrogen and oxygen atoms in total. The van der Waals surface area contributed by atoms with Crippen molar-refractivity contribution < 1.29 is 23.7 Å². The molecule has 0 unspecified atom stereocenters. The Morgan fingerprint density at radius 2 is 1.73 bits per heavy atom. The van der Waals surface area contributed by atoms with Crippen LogP contribution in [0.1, 0.15) is 42.5 Å². The third-order valence-electron chi connectivity index (χ3n) is 4.24. The van der Waals surface area contributed by atoms with Crippen molar-refractivity contribution in [1.82, 2.24) is 14.8 Å². The molecular formula is C18H13N3O5. The second kappa shape index (κ2) is 5.69. The van der Waals surface area contributed by atoms with Gasteiger partial charge in [-0.05, 0) is 32.0 Å². The summed E-state index contributed by atoms with van der Waals surface area (Å²) in [7, 11) is 0. The Hall–Kier alpha value is -3.68. The van der Waals surface area contributed by atoms with Crippen LogP contribution >= 0.6 is 0 Å². The van der Waals surface area contributed by atoms with Crippen LogP contribution in [0.2, 0.25) is 0 Å². The first-order valence-corrected chi connectivity index (χ1v) is 7.79. The number of hydroxylamine groups is 2. The fourth-order valence-corrected chi connectivity index (χ4v) is 3.03. The third kappa shape index (κ3) is 2.23.